The van der Waals surface area contributed by atoms with Crippen LogP contribution in [-0.2, 0) is 18.5 Å². The summed E-state index contributed by atoms with van der Waals surface area (Å²) in [5.41, 5.74) is 1.22. The molecule has 0 bridgehead atoms. The first-order valence-corrected chi connectivity index (χ1v) is 8.22. The molecule has 0 aliphatic rings. The van der Waals surface area contributed by atoms with Crippen LogP contribution in [0.15, 0.2) is 23.4 Å². The number of oxime groups is 1. The van der Waals surface area contributed by atoms with Gasteiger partial charge in [0, 0.05) is 5.56 Å². The zero-order valence-corrected chi connectivity index (χ0v) is 14.0. The molecule has 0 heterocycles. The molecule has 0 atom stereocenters. The highest BCUT2D eigenvalue weighted by Gasteiger charge is 2.31. The maximum absolute atomic E-state index is 13.0. The van der Waals surface area contributed by atoms with Crippen LogP contribution >= 0.6 is 7.60 Å². The van der Waals surface area contributed by atoms with Gasteiger partial charge in [-0.25, -0.2) is 0 Å². The van der Waals surface area contributed by atoms with E-state index in [9.17, 15) is 4.57 Å². The Morgan fingerprint density at radius 2 is 1.81 bits per heavy atom. The molecule has 0 aliphatic carbocycles. The third-order valence-electron chi connectivity index (χ3n) is 2.72. The molecule has 6 nitrogen and oxygen atoms in total. The number of rotatable bonds is 8. The Labute approximate surface area is 125 Å². The normalized spacial score (nSPS) is 12.3. The molecule has 0 spiro atoms. The summed E-state index contributed by atoms with van der Waals surface area (Å²) >= 11 is 0. The second-order valence-corrected chi connectivity index (χ2v) is 6.07. The van der Waals surface area contributed by atoms with E-state index in [-0.39, 0.29) is 13.2 Å². The van der Waals surface area contributed by atoms with E-state index in [1.807, 2.05) is 0 Å². The first-order chi connectivity index (χ1) is 10.0. The smallest absolute Gasteiger partial charge is 0.362 e. The highest BCUT2D eigenvalue weighted by atomic mass is 31.2. The maximum Gasteiger partial charge on any atom is 0.362 e. The van der Waals surface area contributed by atoms with Gasteiger partial charge in [-0.1, -0.05) is 5.16 Å². The van der Waals surface area contributed by atoms with Gasteiger partial charge in [-0.05, 0) is 39.0 Å². The summed E-state index contributed by atoms with van der Waals surface area (Å²) in [7, 11) is -0.445. The number of hydrogen-bond donors (Lipinski definition) is 0. The second-order valence-electron chi connectivity index (χ2n) is 4.08. The molecule has 0 aliphatic heterocycles. The van der Waals surface area contributed by atoms with Gasteiger partial charge in [-0.15, -0.1) is 0 Å². The van der Waals surface area contributed by atoms with E-state index in [1.54, 1.807) is 46.1 Å². The summed E-state index contributed by atoms with van der Waals surface area (Å²) in [6, 6.07) is 5.17. The van der Waals surface area contributed by atoms with E-state index in [4.69, 9.17) is 18.6 Å². The van der Waals surface area contributed by atoms with Gasteiger partial charge in [0.1, 0.15) is 12.9 Å². The van der Waals surface area contributed by atoms with E-state index < -0.39 is 7.60 Å². The molecule has 7 heteroatoms. The fourth-order valence-corrected chi connectivity index (χ4v) is 3.72. The van der Waals surface area contributed by atoms with Crippen molar-refractivity contribution in [2.45, 2.75) is 20.8 Å². The zero-order chi connectivity index (χ0) is 15.9. The van der Waals surface area contributed by atoms with Gasteiger partial charge in [0.2, 0.25) is 0 Å². The van der Waals surface area contributed by atoms with Crippen molar-refractivity contribution < 1.29 is 23.2 Å². The minimum absolute atomic E-state index is 0.272. The predicted molar refractivity (Wildman–Crippen MR) is 82.7 cm³/mol. The van der Waals surface area contributed by atoms with Gasteiger partial charge in [0.15, 0.2) is 0 Å². The number of hydrogen-bond acceptors (Lipinski definition) is 6. The van der Waals surface area contributed by atoms with Crippen molar-refractivity contribution in [1.82, 2.24) is 0 Å². The Morgan fingerprint density at radius 1 is 1.19 bits per heavy atom. The molecule has 0 amide bonds. The van der Waals surface area contributed by atoms with Crippen molar-refractivity contribution in [1.29, 1.82) is 0 Å². The molecule has 0 saturated heterocycles. The molecule has 1 aromatic rings. The Bertz CT molecular complexity index is 534. The van der Waals surface area contributed by atoms with Gasteiger partial charge in [-0.3, -0.25) is 4.57 Å². The van der Waals surface area contributed by atoms with Crippen molar-refractivity contribution in [2.24, 2.45) is 5.16 Å². The molecule has 0 radical (unpaired) electrons. The molecular formula is C14H22NO5P. The lowest BCUT2D eigenvalue weighted by atomic mass is 10.1. The molecule has 0 N–H and O–H groups in total. The van der Waals surface area contributed by atoms with Gasteiger partial charge in [-0.2, -0.15) is 0 Å². The third-order valence-corrected chi connectivity index (χ3v) is 4.87. The second kappa shape index (κ2) is 8.17. The quantitative estimate of drug-likeness (QED) is 0.419. The van der Waals surface area contributed by atoms with Crippen molar-refractivity contribution in [2.75, 3.05) is 27.4 Å². The van der Waals surface area contributed by atoms with Crippen LogP contribution in [0, 0.1) is 0 Å². The van der Waals surface area contributed by atoms with E-state index in [1.165, 1.54) is 7.11 Å². The third kappa shape index (κ3) is 4.30. The van der Waals surface area contributed by atoms with Crippen LogP contribution in [0.4, 0.5) is 0 Å². The van der Waals surface area contributed by atoms with Gasteiger partial charge >= 0.3 is 7.60 Å². The monoisotopic (exact) mass is 315 g/mol. The number of nitrogens with zero attached hydrogens (tertiary/aromatic N) is 1. The predicted octanol–water partition coefficient (Wildman–Crippen LogP) is 2.96. The zero-order valence-electron chi connectivity index (χ0n) is 13.1. The fourth-order valence-electron chi connectivity index (χ4n) is 1.87. The Morgan fingerprint density at radius 3 is 2.29 bits per heavy atom. The number of benzene rings is 1. The Hall–Kier alpha value is -1.36. The van der Waals surface area contributed by atoms with Gasteiger partial charge in [0.05, 0.1) is 31.3 Å². The van der Waals surface area contributed by atoms with Crippen LogP contribution in [0.3, 0.4) is 0 Å². The van der Waals surface area contributed by atoms with Crippen LogP contribution in [0.2, 0.25) is 0 Å². The maximum atomic E-state index is 13.0. The first kappa shape index (κ1) is 17.7. The molecule has 118 valence electrons. The standard InChI is InChI=1S/C14H22NO5P/c1-6-19-21(16,20-7-2)14-10-12(17-4)8-9-13(14)11(3)15-18-5/h8-10H,6-7H2,1-5H3/b15-11+. The summed E-state index contributed by atoms with van der Waals surface area (Å²) in [6.07, 6.45) is 0. The van der Waals surface area contributed by atoms with E-state index in [2.05, 4.69) is 5.16 Å². The SMILES string of the molecule is CCOP(=O)(OCC)c1cc(OC)ccc1/C(C)=N/OC. The Balaban J connectivity index is 3.47. The molecule has 0 saturated carbocycles. The molecule has 0 fully saturated rings. The summed E-state index contributed by atoms with van der Waals surface area (Å²) in [5.74, 6) is 0.568. The van der Waals surface area contributed by atoms with E-state index in [0.717, 1.165) is 0 Å². The van der Waals surface area contributed by atoms with E-state index >= 15 is 0 Å². The van der Waals surface area contributed by atoms with Crippen molar-refractivity contribution >= 4 is 18.6 Å². The van der Waals surface area contributed by atoms with Crippen LogP contribution in [0.1, 0.15) is 26.3 Å². The Kier molecular flexibility index (Phi) is 6.89. The molecule has 0 aromatic heterocycles. The molecule has 1 aromatic carbocycles. The summed E-state index contributed by atoms with van der Waals surface area (Å²) in [4.78, 5) is 4.79. The minimum atomic E-state index is -3.44. The number of ether oxygens (including phenoxy) is 1. The highest BCUT2D eigenvalue weighted by Crippen LogP contribution is 2.48. The van der Waals surface area contributed by atoms with Gasteiger partial charge < -0.3 is 18.6 Å². The lowest BCUT2D eigenvalue weighted by Gasteiger charge is -2.20. The summed E-state index contributed by atoms with van der Waals surface area (Å²) in [6.45, 7) is 5.84. The molecular weight excluding hydrogens is 293 g/mol. The average Bonchev–Trinajstić information content (AvgIpc) is 2.47. The first-order valence-electron chi connectivity index (χ1n) is 6.68. The average molecular weight is 315 g/mol. The van der Waals surface area contributed by atoms with Crippen molar-refractivity contribution in [3.8, 4) is 5.75 Å². The summed E-state index contributed by atoms with van der Waals surface area (Å²) in [5, 5.41) is 4.31. The van der Waals surface area contributed by atoms with Gasteiger partial charge in [0.25, 0.3) is 0 Å². The van der Waals surface area contributed by atoms with Crippen LogP contribution in [0.5, 0.6) is 5.75 Å². The van der Waals surface area contributed by atoms with Crippen LogP contribution in [0.25, 0.3) is 0 Å². The number of methoxy groups -OCH3 is 1. The van der Waals surface area contributed by atoms with Crippen LogP contribution < -0.4 is 10.0 Å². The van der Waals surface area contributed by atoms with E-state index in [0.29, 0.717) is 22.3 Å². The van der Waals surface area contributed by atoms with Crippen LogP contribution in [-0.4, -0.2) is 33.1 Å². The molecule has 0 unspecified atom stereocenters. The summed E-state index contributed by atoms with van der Waals surface area (Å²) < 4.78 is 29.0. The fraction of sp³-hybridized carbons (Fsp3) is 0.500. The highest BCUT2D eigenvalue weighted by molar-refractivity contribution is 7.62. The molecule has 21 heavy (non-hydrogen) atoms. The van der Waals surface area contributed by atoms with Crippen molar-refractivity contribution in [3.05, 3.63) is 23.8 Å². The minimum Gasteiger partial charge on any atom is -0.497 e. The lowest BCUT2D eigenvalue weighted by molar-refractivity contribution is 0.213. The topological polar surface area (TPSA) is 66.4 Å². The van der Waals surface area contributed by atoms with Crippen molar-refractivity contribution in [3.63, 3.8) is 0 Å². The lowest BCUT2D eigenvalue weighted by Crippen LogP contribution is -2.19. The largest absolute Gasteiger partial charge is 0.497 e. The molecule has 1 rings (SSSR count).